The van der Waals surface area contributed by atoms with Crippen molar-refractivity contribution in [3.8, 4) is 0 Å². The number of allylic oxidation sites excluding steroid dienone is 1. The summed E-state index contributed by atoms with van der Waals surface area (Å²) in [6, 6.07) is 2.53. The number of furan rings is 1. The van der Waals surface area contributed by atoms with Crippen molar-refractivity contribution in [3.05, 3.63) is 63.6 Å². The number of carbonyl (C=O) groups excluding carboxylic acids is 1. The number of fused-ring (bicyclic) bond motifs is 1. The Morgan fingerprint density at radius 3 is 2.75 bits per heavy atom. The van der Waals surface area contributed by atoms with E-state index in [9.17, 15) is 18.4 Å². The van der Waals surface area contributed by atoms with E-state index in [0.29, 0.717) is 18.4 Å². The maximum Gasteiger partial charge on any atom is 0.339 e. The van der Waals surface area contributed by atoms with E-state index in [1.54, 1.807) is 6.92 Å². The first-order chi connectivity index (χ1) is 11.4. The number of hydrogen-bond donors (Lipinski definition) is 1. The number of halogens is 2. The third-order valence-corrected chi connectivity index (χ3v) is 4.14. The van der Waals surface area contributed by atoms with Crippen LogP contribution >= 0.6 is 0 Å². The predicted octanol–water partition coefficient (Wildman–Crippen LogP) is 4.03. The van der Waals surface area contributed by atoms with E-state index in [-0.39, 0.29) is 34.4 Å². The van der Waals surface area contributed by atoms with Crippen molar-refractivity contribution in [1.82, 2.24) is 0 Å². The fraction of sp³-hybridized carbons (Fsp3) is 0.222. The number of ketones is 1. The van der Waals surface area contributed by atoms with E-state index in [1.807, 2.05) is 0 Å². The van der Waals surface area contributed by atoms with Crippen LogP contribution in [-0.4, -0.2) is 16.9 Å². The van der Waals surface area contributed by atoms with Crippen LogP contribution in [0.1, 0.15) is 50.9 Å². The van der Waals surface area contributed by atoms with Gasteiger partial charge in [0, 0.05) is 17.6 Å². The molecule has 0 radical (unpaired) electrons. The van der Waals surface area contributed by atoms with Crippen molar-refractivity contribution < 1.29 is 27.9 Å². The molecular formula is C18H14F2O4. The van der Waals surface area contributed by atoms with Gasteiger partial charge in [-0.05, 0) is 30.5 Å². The average Bonchev–Trinajstić information content (AvgIpc) is 2.98. The maximum atomic E-state index is 14.4. The number of rotatable bonds is 3. The summed E-state index contributed by atoms with van der Waals surface area (Å²) in [5.74, 6) is -3.02. The zero-order valence-corrected chi connectivity index (χ0v) is 12.9. The number of hydrogen-bond acceptors (Lipinski definition) is 3. The number of carbonyl (C=O) groups is 2. The van der Waals surface area contributed by atoms with Crippen LogP contribution < -0.4 is 0 Å². The summed E-state index contributed by atoms with van der Waals surface area (Å²) < 4.78 is 33.5. The van der Waals surface area contributed by atoms with Crippen molar-refractivity contribution >= 4 is 17.8 Å². The Bertz CT molecular complexity index is 877. The van der Waals surface area contributed by atoms with Gasteiger partial charge in [0.2, 0.25) is 0 Å². The number of carboxylic acid groups (broad SMARTS) is 1. The second kappa shape index (κ2) is 6.03. The molecule has 3 rings (SSSR count). The van der Waals surface area contributed by atoms with E-state index in [1.165, 1.54) is 12.1 Å². The van der Waals surface area contributed by atoms with Crippen LogP contribution in [0.2, 0.25) is 0 Å². The third kappa shape index (κ3) is 2.54. The van der Waals surface area contributed by atoms with Crippen LogP contribution in [0.3, 0.4) is 0 Å². The van der Waals surface area contributed by atoms with E-state index in [2.05, 4.69) is 0 Å². The largest absolute Gasteiger partial charge is 0.478 e. The Morgan fingerprint density at radius 1 is 1.33 bits per heavy atom. The molecule has 1 aromatic carbocycles. The minimum absolute atomic E-state index is 0.0348. The van der Waals surface area contributed by atoms with Crippen LogP contribution in [0, 0.1) is 11.6 Å². The molecule has 6 heteroatoms. The second-order valence-electron chi connectivity index (χ2n) is 5.54. The molecule has 1 aliphatic carbocycles. The van der Waals surface area contributed by atoms with Gasteiger partial charge in [0.25, 0.3) is 0 Å². The Morgan fingerprint density at radius 2 is 2.08 bits per heavy atom. The summed E-state index contributed by atoms with van der Waals surface area (Å²) in [4.78, 5) is 23.7. The molecule has 1 N–H and O–H groups in total. The topological polar surface area (TPSA) is 67.5 Å². The highest BCUT2D eigenvalue weighted by Gasteiger charge is 2.31. The molecule has 1 aliphatic rings. The Kier molecular flexibility index (Phi) is 4.05. The average molecular weight is 332 g/mol. The number of benzene rings is 1. The third-order valence-electron chi connectivity index (χ3n) is 4.14. The van der Waals surface area contributed by atoms with E-state index in [0.717, 1.165) is 12.3 Å². The Labute approximate surface area is 136 Å². The van der Waals surface area contributed by atoms with Crippen LogP contribution in [-0.2, 0) is 12.8 Å². The van der Waals surface area contributed by atoms with Gasteiger partial charge in [0.1, 0.15) is 29.2 Å². The first-order valence-electron chi connectivity index (χ1n) is 7.49. The highest BCUT2D eigenvalue weighted by Crippen LogP contribution is 2.31. The molecule has 2 aromatic rings. The predicted molar refractivity (Wildman–Crippen MR) is 82.0 cm³/mol. The van der Waals surface area contributed by atoms with Crippen molar-refractivity contribution in [2.24, 2.45) is 0 Å². The minimum Gasteiger partial charge on any atom is -0.478 e. The van der Waals surface area contributed by atoms with Gasteiger partial charge < -0.3 is 9.52 Å². The molecule has 0 atom stereocenters. The normalized spacial score (nSPS) is 15.6. The van der Waals surface area contributed by atoms with Crippen molar-refractivity contribution in [3.63, 3.8) is 0 Å². The van der Waals surface area contributed by atoms with Gasteiger partial charge in [-0.25, -0.2) is 13.6 Å². The maximum absolute atomic E-state index is 14.4. The van der Waals surface area contributed by atoms with E-state index < -0.39 is 23.4 Å². The summed E-state index contributed by atoms with van der Waals surface area (Å²) in [6.07, 6.45) is 3.12. The van der Waals surface area contributed by atoms with Gasteiger partial charge in [-0.2, -0.15) is 0 Å². The monoisotopic (exact) mass is 332 g/mol. The first-order valence-corrected chi connectivity index (χ1v) is 7.49. The van der Waals surface area contributed by atoms with Crippen LogP contribution in [0.15, 0.2) is 28.4 Å². The van der Waals surface area contributed by atoms with Gasteiger partial charge in [0.15, 0.2) is 5.78 Å². The highest BCUT2D eigenvalue weighted by molar-refractivity contribution is 6.17. The smallest absolute Gasteiger partial charge is 0.339 e. The SMILES string of the molecule is CCc1ccc(F)c(/C=C2\CCc3occ(C(=O)O)c3C2=O)c1F. The lowest BCUT2D eigenvalue weighted by molar-refractivity contribution is 0.0692. The lowest BCUT2D eigenvalue weighted by Crippen LogP contribution is -2.16. The molecule has 0 fully saturated rings. The molecule has 0 amide bonds. The molecule has 24 heavy (non-hydrogen) atoms. The summed E-state index contributed by atoms with van der Waals surface area (Å²) in [7, 11) is 0. The number of Topliss-reactive ketones (excluding diaryl/α,β-unsaturated/α-hetero) is 1. The lowest BCUT2D eigenvalue weighted by atomic mass is 9.88. The standard InChI is InChI=1S/C18H14F2O4/c1-2-9-3-5-13(19)11(16(9)20)7-10-4-6-14-15(17(10)21)12(8-24-14)18(22)23/h3,5,7-8H,2,4,6H2,1H3,(H,22,23)/b10-7+. The van der Waals surface area contributed by atoms with Crippen LogP contribution in [0.5, 0.6) is 0 Å². The van der Waals surface area contributed by atoms with Crippen LogP contribution in [0.25, 0.3) is 6.08 Å². The molecule has 0 saturated carbocycles. The van der Waals surface area contributed by atoms with Crippen LogP contribution in [0.4, 0.5) is 8.78 Å². The number of aromatic carboxylic acids is 1. The highest BCUT2D eigenvalue weighted by atomic mass is 19.1. The molecule has 124 valence electrons. The van der Waals surface area contributed by atoms with Crippen molar-refractivity contribution in [1.29, 1.82) is 0 Å². The Balaban J connectivity index is 2.09. The number of carboxylic acids is 1. The molecule has 0 saturated heterocycles. The molecular weight excluding hydrogens is 318 g/mol. The van der Waals surface area contributed by atoms with Gasteiger partial charge in [0.05, 0.1) is 5.56 Å². The summed E-state index contributed by atoms with van der Waals surface area (Å²) in [5.41, 5.74) is -0.0305. The molecule has 1 heterocycles. The van der Waals surface area contributed by atoms with Gasteiger partial charge in [-0.15, -0.1) is 0 Å². The molecule has 0 spiro atoms. The summed E-state index contributed by atoms with van der Waals surface area (Å²) in [5, 5.41) is 9.13. The fourth-order valence-corrected chi connectivity index (χ4v) is 2.84. The van der Waals surface area contributed by atoms with Crippen molar-refractivity contribution in [2.75, 3.05) is 0 Å². The second-order valence-corrected chi connectivity index (χ2v) is 5.54. The fourth-order valence-electron chi connectivity index (χ4n) is 2.84. The molecule has 1 aromatic heterocycles. The minimum atomic E-state index is -1.28. The van der Waals surface area contributed by atoms with Gasteiger partial charge in [-0.3, -0.25) is 4.79 Å². The molecule has 0 bridgehead atoms. The summed E-state index contributed by atoms with van der Waals surface area (Å²) in [6.45, 7) is 1.75. The zero-order chi connectivity index (χ0) is 17.4. The van der Waals surface area contributed by atoms with E-state index in [4.69, 9.17) is 9.52 Å². The zero-order valence-electron chi connectivity index (χ0n) is 12.9. The first kappa shape index (κ1) is 16.1. The lowest BCUT2D eigenvalue weighted by Gasteiger charge is -2.14. The number of aryl methyl sites for hydroxylation is 2. The quantitative estimate of drug-likeness (QED) is 0.862. The van der Waals surface area contributed by atoms with Crippen molar-refractivity contribution in [2.45, 2.75) is 26.2 Å². The van der Waals surface area contributed by atoms with E-state index >= 15 is 0 Å². The van der Waals surface area contributed by atoms with Gasteiger partial charge >= 0.3 is 5.97 Å². The molecule has 0 aliphatic heterocycles. The molecule has 4 nitrogen and oxygen atoms in total. The molecule has 0 unspecified atom stereocenters. The summed E-state index contributed by atoms with van der Waals surface area (Å²) >= 11 is 0. The Hall–Kier alpha value is -2.76. The van der Waals surface area contributed by atoms with Gasteiger partial charge in [-0.1, -0.05) is 13.0 Å².